The highest BCUT2D eigenvalue weighted by atomic mass is 19.1. The molecule has 2 nitrogen and oxygen atoms in total. The SMILES string of the molecule is CCCCC(CCC)C(O)CC(=O)c1ccc(F)cc1. The molecule has 0 aliphatic rings. The first-order chi connectivity index (χ1) is 9.58. The fraction of sp³-hybridized carbons (Fsp3) is 0.588. The van der Waals surface area contributed by atoms with E-state index in [0.717, 1.165) is 32.1 Å². The summed E-state index contributed by atoms with van der Waals surface area (Å²) in [4.78, 5) is 12.1. The smallest absolute Gasteiger partial charge is 0.165 e. The summed E-state index contributed by atoms with van der Waals surface area (Å²) in [6, 6.07) is 5.51. The summed E-state index contributed by atoms with van der Waals surface area (Å²) in [5, 5.41) is 10.3. The van der Waals surface area contributed by atoms with Crippen LogP contribution in [0.3, 0.4) is 0 Å². The third-order valence-electron chi connectivity index (χ3n) is 3.69. The molecule has 1 aromatic carbocycles. The predicted octanol–water partition coefficient (Wildman–Crippen LogP) is 4.37. The molecule has 0 aliphatic heterocycles. The van der Waals surface area contributed by atoms with E-state index >= 15 is 0 Å². The van der Waals surface area contributed by atoms with E-state index in [9.17, 15) is 14.3 Å². The van der Waals surface area contributed by atoms with Crippen LogP contribution >= 0.6 is 0 Å². The largest absolute Gasteiger partial charge is 0.392 e. The second-order valence-corrected chi connectivity index (χ2v) is 5.39. The van der Waals surface area contributed by atoms with Crippen LogP contribution in [0.15, 0.2) is 24.3 Å². The van der Waals surface area contributed by atoms with Crippen molar-refractivity contribution in [3.63, 3.8) is 0 Å². The van der Waals surface area contributed by atoms with Crippen molar-refractivity contribution in [2.75, 3.05) is 0 Å². The van der Waals surface area contributed by atoms with E-state index in [1.165, 1.54) is 24.3 Å². The van der Waals surface area contributed by atoms with Gasteiger partial charge in [-0.3, -0.25) is 4.79 Å². The number of aliphatic hydroxyl groups excluding tert-OH is 1. The minimum absolute atomic E-state index is 0.116. The highest BCUT2D eigenvalue weighted by Crippen LogP contribution is 2.22. The molecule has 1 rings (SSSR count). The number of ketones is 1. The zero-order valence-corrected chi connectivity index (χ0v) is 12.4. The number of aliphatic hydroxyl groups is 1. The van der Waals surface area contributed by atoms with Crippen molar-refractivity contribution >= 4 is 5.78 Å². The maximum Gasteiger partial charge on any atom is 0.165 e. The Morgan fingerprint density at radius 2 is 1.80 bits per heavy atom. The molecule has 2 atom stereocenters. The number of benzene rings is 1. The molecule has 1 aromatic rings. The van der Waals surface area contributed by atoms with Crippen molar-refractivity contribution in [1.82, 2.24) is 0 Å². The van der Waals surface area contributed by atoms with Gasteiger partial charge in [-0.1, -0.05) is 33.1 Å². The molecule has 2 unspecified atom stereocenters. The zero-order chi connectivity index (χ0) is 15.0. The van der Waals surface area contributed by atoms with E-state index in [0.29, 0.717) is 5.56 Å². The molecule has 0 fully saturated rings. The van der Waals surface area contributed by atoms with Gasteiger partial charge >= 0.3 is 0 Å². The highest BCUT2D eigenvalue weighted by Gasteiger charge is 2.21. The summed E-state index contributed by atoms with van der Waals surface area (Å²) in [5.41, 5.74) is 0.469. The molecule has 3 heteroatoms. The van der Waals surface area contributed by atoms with E-state index in [1.54, 1.807) is 0 Å². The van der Waals surface area contributed by atoms with E-state index in [1.807, 2.05) is 0 Å². The van der Waals surface area contributed by atoms with Crippen molar-refractivity contribution in [1.29, 1.82) is 0 Å². The van der Waals surface area contributed by atoms with Crippen molar-refractivity contribution in [2.45, 2.75) is 58.5 Å². The Hall–Kier alpha value is -1.22. The number of halogens is 1. The van der Waals surface area contributed by atoms with Crippen molar-refractivity contribution < 1.29 is 14.3 Å². The number of rotatable bonds is 9. The minimum atomic E-state index is -0.598. The zero-order valence-electron chi connectivity index (χ0n) is 12.4. The molecule has 0 saturated carbocycles. The Morgan fingerprint density at radius 3 is 2.35 bits per heavy atom. The average molecular weight is 280 g/mol. The molecule has 0 aromatic heterocycles. The molecule has 0 saturated heterocycles. The lowest BCUT2D eigenvalue weighted by Crippen LogP contribution is -2.24. The Balaban J connectivity index is 2.59. The molecular weight excluding hydrogens is 255 g/mol. The predicted molar refractivity (Wildman–Crippen MR) is 79.3 cm³/mol. The van der Waals surface area contributed by atoms with E-state index in [2.05, 4.69) is 13.8 Å². The number of hydrogen-bond acceptors (Lipinski definition) is 2. The van der Waals surface area contributed by atoms with Gasteiger partial charge in [0.25, 0.3) is 0 Å². The molecular formula is C17H25FO2. The van der Waals surface area contributed by atoms with Gasteiger partial charge in [0, 0.05) is 12.0 Å². The van der Waals surface area contributed by atoms with Crippen LogP contribution in [0, 0.1) is 11.7 Å². The van der Waals surface area contributed by atoms with Gasteiger partial charge in [0.2, 0.25) is 0 Å². The summed E-state index contributed by atoms with van der Waals surface area (Å²) in [7, 11) is 0. The van der Waals surface area contributed by atoms with Crippen LogP contribution in [0.4, 0.5) is 4.39 Å². The van der Waals surface area contributed by atoms with Gasteiger partial charge in [0.15, 0.2) is 5.78 Å². The Bertz CT molecular complexity index is 400. The molecule has 0 radical (unpaired) electrons. The van der Waals surface area contributed by atoms with Gasteiger partial charge in [-0.2, -0.15) is 0 Å². The first kappa shape index (κ1) is 16.8. The second kappa shape index (κ2) is 8.85. The lowest BCUT2D eigenvalue weighted by atomic mass is 9.88. The van der Waals surface area contributed by atoms with E-state index in [-0.39, 0.29) is 23.9 Å². The summed E-state index contributed by atoms with van der Waals surface area (Å²) < 4.78 is 12.8. The normalized spacial score (nSPS) is 14.0. The molecule has 0 amide bonds. The topological polar surface area (TPSA) is 37.3 Å². The Labute approximate surface area is 121 Å². The minimum Gasteiger partial charge on any atom is -0.392 e. The summed E-state index contributed by atoms with van der Waals surface area (Å²) in [6.45, 7) is 4.21. The van der Waals surface area contributed by atoms with Crippen LogP contribution in [0.25, 0.3) is 0 Å². The molecule has 0 aliphatic carbocycles. The van der Waals surface area contributed by atoms with E-state index < -0.39 is 6.10 Å². The lowest BCUT2D eigenvalue weighted by Gasteiger charge is -2.22. The highest BCUT2D eigenvalue weighted by molar-refractivity contribution is 5.96. The summed E-state index contributed by atoms with van der Waals surface area (Å²) >= 11 is 0. The van der Waals surface area contributed by atoms with Crippen molar-refractivity contribution in [3.8, 4) is 0 Å². The van der Waals surface area contributed by atoms with E-state index in [4.69, 9.17) is 0 Å². The van der Waals surface area contributed by atoms with Crippen LogP contribution < -0.4 is 0 Å². The number of carbonyl (C=O) groups is 1. The average Bonchev–Trinajstić information content (AvgIpc) is 2.43. The number of carbonyl (C=O) groups excluding carboxylic acids is 1. The molecule has 0 heterocycles. The lowest BCUT2D eigenvalue weighted by molar-refractivity contribution is 0.0687. The first-order valence-electron chi connectivity index (χ1n) is 7.55. The number of unbranched alkanes of at least 4 members (excludes halogenated alkanes) is 1. The molecule has 20 heavy (non-hydrogen) atoms. The fourth-order valence-electron chi connectivity index (χ4n) is 2.48. The maximum atomic E-state index is 12.8. The van der Waals surface area contributed by atoms with Crippen molar-refractivity contribution in [2.24, 2.45) is 5.92 Å². The molecule has 112 valence electrons. The van der Waals surface area contributed by atoms with Gasteiger partial charge in [0.1, 0.15) is 5.82 Å². The number of hydrogen-bond donors (Lipinski definition) is 1. The second-order valence-electron chi connectivity index (χ2n) is 5.39. The van der Waals surface area contributed by atoms with Gasteiger partial charge < -0.3 is 5.11 Å². The quantitative estimate of drug-likeness (QED) is 0.682. The fourth-order valence-corrected chi connectivity index (χ4v) is 2.48. The third kappa shape index (κ3) is 5.41. The first-order valence-corrected chi connectivity index (χ1v) is 7.55. The molecule has 1 N–H and O–H groups in total. The Morgan fingerprint density at radius 1 is 1.15 bits per heavy atom. The van der Waals surface area contributed by atoms with Crippen LogP contribution in [-0.4, -0.2) is 17.0 Å². The van der Waals surface area contributed by atoms with Gasteiger partial charge in [-0.25, -0.2) is 4.39 Å². The molecule has 0 spiro atoms. The van der Waals surface area contributed by atoms with Gasteiger partial charge in [-0.15, -0.1) is 0 Å². The van der Waals surface area contributed by atoms with Crippen LogP contribution in [-0.2, 0) is 0 Å². The van der Waals surface area contributed by atoms with Crippen LogP contribution in [0.2, 0.25) is 0 Å². The van der Waals surface area contributed by atoms with Gasteiger partial charge in [-0.05, 0) is 43.0 Å². The van der Waals surface area contributed by atoms with Crippen LogP contribution in [0.5, 0.6) is 0 Å². The molecule has 0 bridgehead atoms. The maximum absolute atomic E-state index is 12.8. The summed E-state index contributed by atoms with van der Waals surface area (Å²) in [5.74, 6) is -0.284. The number of Topliss-reactive ketones (excluding diaryl/α,β-unsaturated/α-hetero) is 1. The monoisotopic (exact) mass is 280 g/mol. The third-order valence-corrected chi connectivity index (χ3v) is 3.69. The Kier molecular flexibility index (Phi) is 7.45. The van der Waals surface area contributed by atoms with Crippen molar-refractivity contribution in [3.05, 3.63) is 35.6 Å². The van der Waals surface area contributed by atoms with Gasteiger partial charge in [0.05, 0.1) is 6.10 Å². The summed E-state index contributed by atoms with van der Waals surface area (Å²) in [6.07, 6.45) is 4.61. The van der Waals surface area contributed by atoms with Crippen LogP contribution in [0.1, 0.15) is 62.7 Å². The standard InChI is InChI=1S/C17H25FO2/c1-3-5-7-13(6-4-2)16(19)12-17(20)14-8-10-15(18)11-9-14/h8-11,13,16,19H,3-7,12H2,1-2H3.